The highest BCUT2D eigenvalue weighted by Gasteiger charge is 2.11. The van der Waals surface area contributed by atoms with E-state index in [0.717, 1.165) is 17.9 Å². The first-order valence-corrected chi connectivity index (χ1v) is 7.59. The summed E-state index contributed by atoms with van der Waals surface area (Å²) in [4.78, 5) is 0. The third-order valence-corrected chi connectivity index (χ3v) is 3.37. The van der Waals surface area contributed by atoms with E-state index in [1.807, 2.05) is 38.1 Å². The first-order valence-electron chi connectivity index (χ1n) is 7.59. The van der Waals surface area contributed by atoms with Crippen LogP contribution >= 0.6 is 0 Å². The van der Waals surface area contributed by atoms with Crippen LogP contribution in [0.25, 0.3) is 0 Å². The summed E-state index contributed by atoms with van der Waals surface area (Å²) in [5, 5.41) is 3.59. The van der Waals surface area contributed by atoms with E-state index in [1.165, 1.54) is 5.56 Å². The molecule has 1 aromatic heterocycles. The first kappa shape index (κ1) is 15.6. The summed E-state index contributed by atoms with van der Waals surface area (Å²) in [6.45, 7) is 8.43. The average molecular weight is 287 g/mol. The van der Waals surface area contributed by atoms with Gasteiger partial charge in [-0.1, -0.05) is 12.1 Å². The van der Waals surface area contributed by atoms with Crippen molar-refractivity contribution in [1.82, 2.24) is 5.32 Å². The van der Waals surface area contributed by atoms with Gasteiger partial charge in [-0.05, 0) is 57.5 Å². The van der Waals surface area contributed by atoms with Crippen molar-refractivity contribution in [2.24, 2.45) is 0 Å². The molecule has 2 rings (SSSR count). The second-order valence-electron chi connectivity index (χ2n) is 5.81. The summed E-state index contributed by atoms with van der Waals surface area (Å²) in [6.07, 6.45) is 2.82. The zero-order chi connectivity index (χ0) is 15.2. The molecule has 2 unspecified atom stereocenters. The van der Waals surface area contributed by atoms with Gasteiger partial charge in [0.15, 0.2) is 0 Å². The fourth-order valence-electron chi connectivity index (χ4n) is 2.42. The van der Waals surface area contributed by atoms with E-state index in [0.29, 0.717) is 12.1 Å². The molecule has 0 fully saturated rings. The lowest BCUT2D eigenvalue weighted by Gasteiger charge is -2.20. The Bertz CT molecular complexity index is 517. The van der Waals surface area contributed by atoms with Crippen molar-refractivity contribution < 1.29 is 9.15 Å². The smallest absolute Gasteiger partial charge is 0.119 e. The molecule has 0 bridgehead atoms. The number of furan rings is 1. The Morgan fingerprint density at radius 3 is 2.33 bits per heavy atom. The molecule has 21 heavy (non-hydrogen) atoms. The number of hydrogen-bond acceptors (Lipinski definition) is 3. The van der Waals surface area contributed by atoms with Crippen LogP contribution in [0.1, 0.15) is 45.1 Å². The molecule has 0 saturated heterocycles. The molecule has 114 valence electrons. The van der Waals surface area contributed by atoms with E-state index < -0.39 is 0 Å². The number of benzene rings is 1. The van der Waals surface area contributed by atoms with Crippen LogP contribution in [0.2, 0.25) is 0 Å². The molecule has 0 aliphatic rings. The van der Waals surface area contributed by atoms with Crippen molar-refractivity contribution >= 4 is 0 Å². The van der Waals surface area contributed by atoms with Crippen molar-refractivity contribution in [2.75, 3.05) is 0 Å². The predicted octanol–water partition coefficient (Wildman–Crippen LogP) is 4.35. The van der Waals surface area contributed by atoms with Crippen LogP contribution in [0, 0.1) is 0 Å². The summed E-state index contributed by atoms with van der Waals surface area (Å²) >= 11 is 0. The van der Waals surface area contributed by atoms with Crippen molar-refractivity contribution in [2.45, 2.75) is 52.3 Å². The number of nitrogens with one attached hydrogen (secondary N) is 1. The summed E-state index contributed by atoms with van der Waals surface area (Å²) in [6, 6.07) is 12.9. The Labute approximate surface area is 127 Å². The topological polar surface area (TPSA) is 34.4 Å². The fourth-order valence-corrected chi connectivity index (χ4v) is 2.42. The maximum absolute atomic E-state index is 5.67. The lowest BCUT2D eigenvalue weighted by Crippen LogP contribution is -2.30. The quantitative estimate of drug-likeness (QED) is 0.822. The molecule has 0 radical (unpaired) electrons. The molecule has 2 atom stereocenters. The Kier molecular flexibility index (Phi) is 5.45. The van der Waals surface area contributed by atoms with Gasteiger partial charge in [-0.3, -0.25) is 0 Å². The van der Waals surface area contributed by atoms with Crippen molar-refractivity contribution in [3.05, 3.63) is 54.0 Å². The molecule has 0 spiro atoms. The van der Waals surface area contributed by atoms with Gasteiger partial charge in [0.2, 0.25) is 0 Å². The molecule has 0 saturated carbocycles. The van der Waals surface area contributed by atoms with Gasteiger partial charge in [-0.15, -0.1) is 0 Å². The molecule has 3 nitrogen and oxygen atoms in total. The van der Waals surface area contributed by atoms with Crippen LogP contribution in [0.5, 0.6) is 5.75 Å². The molecule has 0 amide bonds. The third-order valence-electron chi connectivity index (χ3n) is 3.37. The number of ether oxygens (including phenoxy) is 1. The molecule has 1 N–H and O–H groups in total. The summed E-state index contributed by atoms with van der Waals surface area (Å²) < 4.78 is 11.1. The molecular weight excluding hydrogens is 262 g/mol. The molecular formula is C18H25NO2. The molecule has 0 aliphatic carbocycles. The minimum atomic E-state index is 0.208. The Morgan fingerprint density at radius 2 is 1.76 bits per heavy atom. The summed E-state index contributed by atoms with van der Waals surface area (Å²) in [7, 11) is 0. The minimum absolute atomic E-state index is 0.208. The van der Waals surface area contributed by atoms with Crippen molar-refractivity contribution in [1.29, 1.82) is 0 Å². The van der Waals surface area contributed by atoms with Gasteiger partial charge in [0, 0.05) is 18.5 Å². The molecule has 1 aromatic carbocycles. The van der Waals surface area contributed by atoms with Gasteiger partial charge in [-0.25, -0.2) is 0 Å². The lowest BCUT2D eigenvalue weighted by molar-refractivity contribution is 0.242. The van der Waals surface area contributed by atoms with Crippen molar-refractivity contribution in [3.63, 3.8) is 0 Å². The predicted molar refractivity (Wildman–Crippen MR) is 85.6 cm³/mol. The van der Waals surface area contributed by atoms with Gasteiger partial charge in [0.25, 0.3) is 0 Å². The SMILES string of the molecule is CC(Cc1ccco1)NC(C)c1ccc(OC(C)C)cc1. The number of rotatable bonds is 7. The first-order chi connectivity index (χ1) is 10.0. The number of hydrogen-bond donors (Lipinski definition) is 1. The molecule has 1 heterocycles. The maximum Gasteiger partial charge on any atom is 0.119 e. The van der Waals surface area contributed by atoms with Crippen LogP contribution < -0.4 is 10.1 Å². The van der Waals surface area contributed by atoms with E-state index in [-0.39, 0.29) is 6.10 Å². The highest BCUT2D eigenvalue weighted by atomic mass is 16.5. The largest absolute Gasteiger partial charge is 0.491 e. The Hall–Kier alpha value is -1.74. The van der Waals surface area contributed by atoms with Gasteiger partial charge in [0.05, 0.1) is 12.4 Å². The van der Waals surface area contributed by atoms with E-state index in [1.54, 1.807) is 6.26 Å². The Balaban J connectivity index is 1.88. The monoisotopic (exact) mass is 287 g/mol. The standard InChI is InChI=1S/C18H25NO2/c1-13(2)21-17-9-7-16(8-10-17)15(4)19-14(3)12-18-6-5-11-20-18/h5-11,13-15,19H,12H2,1-4H3. The molecule has 3 heteroatoms. The molecule has 2 aromatic rings. The van der Waals surface area contributed by atoms with Gasteiger partial charge < -0.3 is 14.5 Å². The van der Waals surface area contributed by atoms with E-state index in [4.69, 9.17) is 9.15 Å². The van der Waals surface area contributed by atoms with Crippen molar-refractivity contribution in [3.8, 4) is 5.75 Å². The summed E-state index contributed by atoms with van der Waals surface area (Å²) in [5.74, 6) is 1.94. The summed E-state index contributed by atoms with van der Waals surface area (Å²) in [5.41, 5.74) is 1.26. The van der Waals surface area contributed by atoms with Crippen LogP contribution in [0.3, 0.4) is 0 Å². The van der Waals surface area contributed by atoms with Gasteiger partial charge >= 0.3 is 0 Å². The highest BCUT2D eigenvalue weighted by molar-refractivity contribution is 5.29. The Morgan fingerprint density at radius 1 is 1.05 bits per heavy atom. The van der Waals surface area contributed by atoms with E-state index in [2.05, 4.69) is 31.3 Å². The maximum atomic E-state index is 5.67. The second-order valence-corrected chi connectivity index (χ2v) is 5.81. The third kappa shape index (κ3) is 4.94. The van der Waals surface area contributed by atoms with Crippen LogP contribution in [-0.4, -0.2) is 12.1 Å². The van der Waals surface area contributed by atoms with E-state index in [9.17, 15) is 0 Å². The highest BCUT2D eigenvalue weighted by Crippen LogP contribution is 2.19. The fraction of sp³-hybridized carbons (Fsp3) is 0.444. The zero-order valence-corrected chi connectivity index (χ0v) is 13.3. The van der Waals surface area contributed by atoms with Gasteiger partial charge in [0.1, 0.15) is 11.5 Å². The van der Waals surface area contributed by atoms with Gasteiger partial charge in [-0.2, -0.15) is 0 Å². The lowest BCUT2D eigenvalue weighted by atomic mass is 10.1. The average Bonchev–Trinajstić information content (AvgIpc) is 2.91. The normalized spacial score (nSPS) is 14.1. The second kappa shape index (κ2) is 7.32. The molecule has 0 aliphatic heterocycles. The zero-order valence-electron chi connectivity index (χ0n) is 13.3. The minimum Gasteiger partial charge on any atom is -0.491 e. The van der Waals surface area contributed by atoms with Crippen LogP contribution in [0.15, 0.2) is 47.1 Å². The van der Waals surface area contributed by atoms with E-state index >= 15 is 0 Å². The van der Waals surface area contributed by atoms with Crippen LogP contribution in [-0.2, 0) is 6.42 Å². The van der Waals surface area contributed by atoms with Crippen LogP contribution in [0.4, 0.5) is 0 Å².